The van der Waals surface area contributed by atoms with Gasteiger partial charge in [0.1, 0.15) is 6.04 Å². The van der Waals surface area contributed by atoms with Crippen LogP contribution in [0.1, 0.15) is 6.42 Å². The maximum Gasteiger partial charge on any atom is 0.327 e. The molecule has 0 radical (unpaired) electrons. The minimum absolute atomic E-state index is 0.0747. The molecule has 6 nitrogen and oxygen atoms in total. The summed E-state index contributed by atoms with van der Waals surface area (Å²) in [4.78, 5) is 28.8. The molecule has 2 rings (SSSR count). The van der Waals surface area contributed by atoms with Crippen LogP contribution in [0.5, 0.6) is 0 Å². The molecule has 0 aromatic carbocycles. The van der Waals surface area contributed by atoms with E-state index in [1.807, 2.05) is 10.3 Å². The number of hydrogen-bond donors (Lipinski definition) is 3. The monoisotopic (exact) mass is 287 g/mol. The van der Waals surface area contributed by atoms with E-state index in [1.165, 1.54) is 11.8 Å². The van der Waals surface area contributed by atoms with Crippen molar-refractivity contribution in [3.8, 4) is 0 Å². The first-order valence-corrected chi connectivity index (χ1v) is 6.93. The van der Waals surface area contributed by atoms with Crippen molar-refractivity contribution in [2.45, 2.75) is 12.5 Å². The lowest BCUT2D eigenvalue weighted by molar-refractivity contribution is -0.141. The number of carbonyl (C=O) groups excluding carboxylic acids is 1. The molecular formula is C10H13N3O3S2. The number of aliphatic imine (C=N–C) groups is 1. The molecule has 2 heterocycles. The summed E-state index contributed by atoms with van der Waals surface area (Å²) in [6, 6.07) is -0.942. The van der Waals surface area contributed by atoms with Gasteiger partial charge in [0.25, 0.3) is 0 Å². The summed E-state index contributed by atoms with van der Waals surface area (Å²) >= 11 is 5.39. The molecule has 2 N–H and O–H groups in total. The summed E-state index contributed by atoms with van der Waals surface area (Å²) < 4.78 is 0. The minimum Gasteiger partial charge on any atom is -0.480 e. The van der Waals surface area contributed by atoms with Gasteiger partial charge in [0.15, 0.2) is 5.17 Å². The quantitative estimate of drug-likeness (QED) is 0.626. The molecule has 0 fully saturated rings. The molecule has 8 heteroatoms. The van der Waals surface area contributed by atoms with E-state index in [9.17, 15) is 9.59 Å². The van der Waals surface area contributed by atoms with E-state index in [0.717, 1.165) is 24.0 Å². The van der Waals surface area contributed by atoms with E-state index in [2.05, 4.69) is 22.9 Å². The van der Waals surface area contributed by atoms with Crippen LogP contribution in [0.25, 0.3) is 0 Å². The van der Waals surface area contributed by atoms with Gasteiger partial charge in [-0.05, 0) is 5.41 Å². The van der Waals surface area contributed by atoms with Gasteiger partial charge in [0.2, 0.25) is 5.91 Å². The first-order valence-electron chi connectivity index (χ1n) is 5.42. The molecule has 0 saturated heterocycles. The predicted molar refractivity (Wildman–Crippen MR) is 72.7 cm³/mol. The number of fused-ring (bicyclic) bond motifs is 1. The van der Waals surface area contributed by atoms with E-state index < -0.39 is 12.0 Å². The molecule has 98 valence electrons. The molecule has 2 aliphatic rings. The number of amides is 1. The Morgan fingerprint density at radius 2 is 2.44 bits per heavy atom. The highest BCUT2D eigenvalue weighted by Crippen LogP contribution is 2.30. The van der Waals surface area contributed by atoms with Gasteiger partial charge in [-0.25, -0.2) is 4.79 Å². The zero-order chi connectivity index (χ0) is 13.1. The molecule has 0 aromatic rings. The average molecular weight is 287 g/mol. The SMILES string of the molecule is O=C(CC1=CSC2=NCCN12)NC(CS)C(=O)O. The minimum atomic E-state index is -1.07. The molecule has 0 bridgehead atoms. The summed E-state index contributed by atoms with van der Waals surface area (Å²) in [5, 5.41) is 14.1. The molecule has 0 saturated carbocycles. The Balaban J connectivity index is 1.88. The van der Waals surface area contributed by atoms with Crippen molar-refractivity contribution < 1.29 is 14.7 Å². The van der Waals surface area contributed by atoms with Gasteiger partial charge >= 0.3 is 5.97 Å². The molecule has 1 unspecified atom stereocenters. The average Bonchev–Trinajstić information content (AvgIpc) is 2.90. The second kappa shape index (κ2) is 5.66. The lowest BCUT2D eigenvalue weighted by Crippen LogP contribution is -2.42. The Morgan fingerprint density at radius 1 is 1.67 bits per heavy atom. The third kappa shape index (κ3) is 2.81. The Kier molecular flexibility index (Phi) is 4.18. The van der Waals surface area contributed by atoms with Crippen LogP contribution in [0.3, 0.4) is 0 Å². The number of nitrogens with zero attached hydrogens (tertiary/aromatic N) is 2. The van der Waals surface area contributed by atoms with Gasteiger partial charge in [-0.15, -0.1) is 0 Å². The lowest BCUT2D eigenvalue weighted by atomic mass is 10.2. The van der Waals surface area contributed by atoms with Gasteiger partial charge in [-0.3, -0.25) is 9.79 Å². The number of thiol groups is 1. The fraction of sp³-hybridized carbons (Fsp3) is 0.500. The zero-order valence-electron chi connectivity index (χ0n) is 9.50. The van der Waals surface area contributed by atoms with Gasteiger partial charge in [-0.2, -0.15) is 12.6 Å². The fourth-order valence-electron chi connectivity index (χ4n) is 1.71. The van der Waals surface area contributed by atoms with Crippen LogP contribution in [-0.2, 0) is 9.59 Å². The summed E-state index contributed by atoms with van der Waals surface area (Å²) in [6.45, 7) is 1.53. The number of rotatable bonds is 5. The summed E-state index contributed by atoms with van der Waals surface area (Å²) in [7, 11) is 0. The zero-order valence-corrected chi connectivity index (χ0v) is 11.2. The number of amidine groups is 1. The smallest absolute Gasteiger partial charge is 0.327 e. The Labute approximate surface area is 114 Å². The number of aliphatic carboxylic acids is 1. The summed E-state index contributed by atoms with van der Waals surface area (Å²) in [6.07, 6.45) is 0.170. The van der Waals surface area contributed by atoms with Crippen molar-refractivity contribution in [2.75, 3.05) is 18.8 Å². The van der Waals surface area contributed by atoms with Gasteiger partial charge in [0, 0.05) is 18.0 Å². The highest BCUT2D eigenvalue weighted by atomic mass is 32.2. The van der Waals surface area contributed by atoms with Crippen LogP contribution in [0.4, 0.5) is 0 Å². The Morgan fingerprint density at radius 3 is 3.11 bits per heavy atom. The first-order chi connectivity index (χ1) is 8.61. The summed E-state index contributed by atoms with van der Waals surface area (Å²) in [5.41, 5.74) is 0.872. The van der Waals surface area contributed by atoms with Gasteiger partial charge in [0.05, 0.1) is 13.0 Å². The molecule has 1 atom stereocenters. The van der Waals surface area contributed by atoms with Crippen molar-refractivity contribution in [3.63, 3.8) is 0 Å². The van der Waals surface area contributed by atoms with Crippen molar-refractivity contribution in [3.05, 3.63) is 11.1 Å². The Bertz CT molecular complexity index is 436. The number of thioether (sulfide) groups is 1. The largest absolute Gasteiger partial charge is 0.480 e. The van der Waals surface area contributed by atoms with Crippen LogP contribution in [0.2, 0.25) is 0 Å². The molecule has 0 spiro atoms. The normalized spacial score (nSPS) is 19.1. The van der Waals surface area contributed by atoms with E-state index in [-0.39, 0.29) is 18.1 Å². The molecule has 18 heavy (non-hydrogen) atoms. The Hall–Kier alpha value is -1.15. The van der Waals surface area contributed by atoms with Crippen molar-refractivity contribution in [1.82, 2.24) is 10.2 Å². The maximum atomic E-state index is 11.7. The van der Waals surface area contributed by atoms with E-state index >= 15 is 0 Å². The van der Waals surface area contributed by atoms with Crippen molar-refractivity contribution in [1.29, 1.82) is 0 Å². The standard InChI is InChI=1S/C10H13N3O3S2/c14-8(12-7(4-17)9(15)16)3-6-5-18-10-11-1-2-13(6)10/h5,7,17H,1-4H2,(H,12,14)(H,15,16). The molecule has 2 aliphatic heterocycles. The molecular weight excluding hydrogens is 274 g/mol. The number of carboxylic acids is 1. The number of carboxylic acid groups (broad SMARTS) is 1. The van der Waals surface area contributed by atoms with Crippen molar-refractivity contribution in [2.24, 2.45) is 4.99 Å². The second-order valence-electron chi connectivity index (χ2n) is 3.86. The van der Waals surface area contributed by atoms with E-state index in [0.29, 0.717) is 0 Å². The van der Waals surface area contributed by atoms with E-state index in [1.54, 1.807) is 0 Å². The van der Waals surface area contributed by atoms with Crippen LogP contribution in [-0.4, -0.2) is 51.9 Å². The third-order valence-electron chi connectivity index (χ3n) is 2.61. The number of hydrogen-bond acceptors (Lipinski definition) is 6. The van der Waals surface area contributed by atoms with Crippen LogP contribution < -0.4 is 5.32 Å². The van der Waals surface area contributed by atoms with Gasteiger partial charge < -0.3 is 15.3 Å². The first kappa shape index (κ1) is 13.3. The molecule has 0 aromatic heterocycles. The molecule has 0 aliphatic carbocycles. The van der Waals surface area contributed by atoms with Gasteiger partial charge in [-0.1, -0.05) is 11.8 Å². The van der Waals surface area contributed by atoms with Crippen molar-refractivity contribution >= 4 is 41.4 Å². The number of carbonyl (C=O) groups is 2. The number of nitrogens with one attached hydrogen (secondary N) is 1. The fourth-order valence-corrected chi connectivity index (χ4v) is 2.91. The predicted octanol–water partition coefficient (Wildman–Crippen LogP) is 0.136. The molecule has 1 amide bonds. The topological polar surface area (TPSA) is 82.0 Å². The van der Waals surface area contributed by atoms with Crippen LogP contribution in [0, 0.1) is 0 Å². The third-order valence-corrected chi connectivity index (χ3v) is 3.92. The second-order valence-corrected chi connectivity index (χ2v) is 5.06. The van der Waals surface area contributed by atoms with Crippen LogP contribution in [0.15, 0.2) is 16.1 Å². The summed E-state index contributed by atoms with van der Waals surface area (Å²) in [5.74, 6) is -1.31. The highest BCUT2D eigenvalue weighted by molar-refractivity contribution is 8.16. The maximum absolute atomic E-state index is 11.7. The highest BCUT2D eigenvalue weighted by Gasteiger charge is 2.28. The van der Waals surface area contributed by atoms with E-state index in [4.69, 9.17) is 5.11 Å². The van der Waals surface area contributed by atoms with Crippen LogP contribution >= 0.6 is 24.4 Å². The lowest BCUT2D eigenvalue weighted by Gasteiger charge is -2.17.